The molecule has 0 bridgehead atoms. The predicted octanol–water partition coefficient (Wildman–Crippen LogP) is -2.17. The van der Waals surface area contributed by atoms with Gasteiger partial charge in [-0.3, -0.25) is 0 Å². The third kappa shape index (κ3) is 4.77. The van der Waals surface area contributed by atoms with Gasteiger partial charge in [0.2, 0.25) is 5.76 Å². The number of furan rings is 1. The second-order valence-corrected chi connectivity index (χ2v) is 3.67. The van der Waals surface area contributed by atoms with E-state index in [0.717, 1.165) is 18.8 Å². The van der Waals surface area contributed by atoms with Crippen LogP contribution in [0.3, 0.4) is 0 Å². The quantitative estimate of drug-likeness (QED) is 0.453. The van der Waals surface area contributed by atoms with Gasteiger partial charge < -0.3 is 26.5 Å². The van der Waals surface area contributed by atoms with Gasteiger partial charge in [0.05, 0.1) is 20.2 Å². The second-order valence-electron chi connectivity index (χ2n) is 3.67. The minimum Gasteiger partial charge on any atom is -1.00 e. The van der Waals surface area contributed by atoms with Crippen LogP contribution in [-0.2, 0) is 11.3 Å². The fourth-order valence-electron chi connectivity index (χ4n) is 1.57. The number of quaternary nitrogens is 1. The van der Waals surface area contributed by atoms with Gasteiger partial charge in [0.1, 0.15) is 6.54 Å². The van der Waals surface area contributed by atoms with Gasteiger partial charge in [0, 0.05) is 0 Å². The van der Waals surface area contributed by atoms with Crippen molar-refractivity contribution in [3.63, 3.8) is 0 Å². The lowest BCUT2D eigenvalue weighted by Crippen LogP contribution is -3.10. The molecular weight excluding hydrogens is 254 g/mol. The Labute approximate surface area is 113 Å². The van der Waals surface area contributed by atoms with Crippen LogP contribution in [-0.4, -0.2) is 26.2 Å². The summed E-state index contributed by atoms with van der Waals surface area (Å²) in [6.45, 7) is 9.75. The highest BCUT2D eigenvalue weighted by Gasteiger charge is 2.14. The van der Waals surface area contributed by atoms with Crippen LogP contribution in [0.15, 0.2) is 41.9 Å². The first kappa shape index (κ1) is 16.5. The fourth-order valence-corrected chi connectivity index (χ4v) is 1.57. The maximum absolute atomic E-state index is 11.2. The van der Waals surface area contributed by atoms with E-state index in [1.54, 1.807) is 12.1 Å². The third-order valence-electron chi connectivity index (χ3n) is 2.34. The molecule has 1 aromatic rings. The molecule has 0 amide bonds. The molecule has 18 heavy (non-hydrogen) atoms. The van der Waals surface area contributed by atoms with Gasteiger partial charge in [-0.2, -0.15) is 0 Å². The van der Waals surface area contributed by atoms with Gasteiger partial charge in [-0.05, 0) is 24.3 Å². The topological polar surface area (TPSA) is 43.9 Å². The molecular formula is C13H18ClNO3. The number of ether oxygens (including phenoxy) is 1. The van der Waals surface area contributed by atoms with Crippen molar-refractivity contribution in [2.75, 3.05) is 20.2 Å². The zero-order chi connectivity index (χ0) is 12.7. The van der Waals surface area contributed by atoms with Crippen LogP contribution in [0.4, 0.5) is 0 Å². The second kappa shape index (κ2) is 8.55. The van der Waals surface area contributed by atoms with Crippen LogP contribution in [0.1, 0.15) is 16.3 Å². The molecule has 4 nitrogen and oxygen atoms in total. The molecule has 0 radical (unpaired) electrons. The number of hydrogen-bond donors (Lipinski definition) is 1. The van der Waals surface area contributed by atoms with E-state index in [-0.39, 0.29) is 18.2 Å². The average Bonchev–Trinajstić information content (AvgIpc) is 2.77. The summed E-state index contributed by atoms with van der Waals surface area (Å²) in [6.07, 6.45) is 3.70. The van der Waals surface area contributed by atoms with Crippen molar-refractivity contribution < 1.29 is 31.3 Å². The summed E-state index contributed by atoms with van der Waals surface area (Å²) in [4.78, 5) is 12.5. The lowest BCUT2D eigenvalue weighted by atomic mass is 10.3. The summed E-state index contributed by atoms with van der Waals surface area (Å²) in [5, 5.41) is 0. The van der Waals surface area contributed by atoms with Crippen LogP contribution in [0.5, 0.6) is 0 Å². The molecule has 0 fully saturated rings. The molecule has 5 heteroatoms. The lowest BCUT2D eigenvalue weighted by molar-refractivity contribution is -0.903. The van der Waals surface area contributed by atoms with Crippen molar-refractivity contribution in [1.82, 2.24) is 0 Å². The molecule has 0 saturated heterocycles. The van der Waals surface area contributed by atoms with E-state index < -0.39 is 5.97 Å². The number of hydrogen-bond acceptors (Lipinski definition) is 3. The smallest absolute Gasteiger partial charge is 0.373 e. The van der Waals surface area contributed by atoms with Crippen LogP contribution in [0, 0.1) is 0 Å². The van der Waals surface area contributed by atoms with E-state index in [9.17, 15) is 4.79 Å². The molecule has 1 N–H and O–H groups in total. The highest BCUT2D eigenvalue weighted by molar-refractivity contribution is 5.86. The first-order valence-electron chi connectivity index (χ1n) is 5.43. The molecule has 1 rings (SSSR count). The van der Waals surface area contributed by atoms with Gasteiger partial charge in [-0.1, -0.05) is 13.2 Å². The largest absolute Gasteiger partial charge is 1.00 e. The minimum atomic E-state index is -0.453. The maximum atomic E-state index is 11.2. The minimum absolute atomic E-state index is 0. The van der Waals surface area contributed by atoms with E-state index in [1.165, 1.54) is 12.0 Å². The van der Waals surface area contributed by atoms with Gasteiger partial charge in [0.15, 0.2) is 5.76 Å². The molecule has 0 unspecified atom stereocenters. The Hall–Kier alpha value is -1.52. The highest BCUT2D eigenvalue weighted by atomic mass is 35.5. The Kier molecular flexibility index (Phi) is 7.83. The molecule has 0 aliphatic carbocycles. The molecule has 100 valence electrons. The SMILES string of the molecule is C=CC[NH+](CC=C)Cc1ccc(C(=O)OC)o1.[Cl-]. The lowest BCUT2D eigenvalue weighted by Gasteiger charge is -2.13. The number of carbonyl (C=O) groups is 1. The van der Waals surface area contributed by atoms with Crippen LogP contribution in [0.2, 0.25) is 0 Å². The van der Waals surface area contributed by atoms with Gasteiger partial charge in [-0.15, -0.1) is 0 Å². The normalized spacial score (nSPS) is 9.67. The molecule has 0 atom stereocenters. The van der Waals surface area contributed by atoms with Crippen LogP contribution < -0.4 is 17.3 Å². The van der Waals surface area contributed by atoms with Crippen molar-refractivity contribution >= 4 is 5.97 Å². The van der Waals surface area contributed by atoms with Gasteiger partial charge in [-0.25, -0.2) is 4.79 Å². The van der Waals surface area contributed by atoms with E-state index in [4.69, 9.17) is 4.42 Å². The highest BCUT2D eigenvalue weighted by Crippen LogP contribution is 2.07. The average molecular weight is 272 g/mol. The summed E-state index contributed by atoms with van der Waals surface area (Å²) >= 11 is 0. The Balaban J connectivity index is 0.00000289. The predicted molar refractivity (Wildman–Crippen MR) is 64.8 cm³/mol. The number of carbonyl (C=O) groups excluding carboxylic acids is 1. The first-order valence-corrected chi connectivity index (χ1v) is 5.43. The zero-order valence-corrected chi connectivity index (χ0v) is 11.2. The van der Waals surface area contributed by atoms with Crippen LogP contribution >= 0.6 is 0 Å². The van der Waals surface area contributed by atoms with Crippen LogP contribution in [0.25, 0.3) is 0 Å². The number of halogens is 1. The summed E-state index contributed by atoms with van der Waals surface area (Å²) in [6, 6.07) is 3.42. The first-order chi connectivity index (χ1) is 8.21. The Morgan fingerprint density at radius 3 is 2.50 bits per heavy atom. The molecule has 1 heterocycles. The Bertz CT molecular complexity index is 391. The standard InChI is InChI=1S/C13H17NO3.ClH/c1-4-8-14(9-5-2)10-11-6-7-12(17-11)13(15)16-3;/h4-7H,1-2,8-10H2,3H3;1H. The van der Waals surface area contributed by atoms with Crippen molar-refractivity contribution in [3.8, 4) is 0 Å². The summed E-state index contributed by atoms with van der Waals surface area (Å²) in [7, 11) is 1.33. The number of esters is 1. The monoisotopic (exact) mass is 271 g/mol. The third-order valence-corrected chi connectivity index (χ3v) is 2.34. The summed E-state index contributed by atoms with van der Waals surface area (Å²) < 4.78 is 9.97. The van der Waals surface area contributed by atoms with Crippen molar-refractivity contribution in [2.24, 2.45) is 0 Å². The summed E-state index contributed by atoms with van der Waals surface area (Å²) in [5.41, 5.74) is 0. The summed E-state index contributed by atoms with van der Waals surface area (Å²) in [5.74, 6) is 0.536. The molecule has 1 aromatic heterocycles. The van der Waals surface area contributed by atoms with E-state index in [2.05, 4.69) is 17.9 Å². The maximum Gasteiger partial charge on any atom is 0.373 e. The molecule has 0 aromatic carbocycles. The van der Waals surface area contributed by atoms with Gasteiger partial charge >= 0.3 is 5.97 Å². The number of nitrogens with one attached hydrogen (secondary N) is 1. The van der Waals surface area contributed by atoms with Crippen molar-refractivity contribution in [3.05, 3.63) is 49.0 Å². The Morgan fingerprint density at radius 1 is 1.39 bits per heavy atom. The van der Waals surface area contributed by atoms with Crippen molar-refractivity contribution in [1.29, 1.82) is 0 Å². The molecule has 0 aliphatic heterocycles. The Morgan fingerprint density at radius 2 is 2.00 bits per heavy atom. The van der Waals surface area contributed by atoms with E-state index in [1.807, 2.05) is 12.2 Å². The molecule has 0 spiro atoms. The molecule has 0 aliphatic rings. The van der Waals surface area contributed by atoms with Gasteiger partial charge in [0.25, 0.3) is 0 Å². The van der Waals surface area contributed by atoms with Crippen molar-refractivity contribution in [2.45, 2.75) is 6.54 Å². The fraction of sp³-hybridized carbons (Fsp3) is 0.308. The van der Waals surface area contributed by atoms with E-state index in [0.29, 0.717) is 6.54 Å². The number of methoxy groups -OCH3 is 1. The zero-order valence-electron chi connectivity index (χ0n) is 10.4. The number of rotatable bonds is 7. The molecule has 0 saturated carbocycles. The van der Waals surface area contributed by atoms with E-state index >= 15 is 0 Å².